The quantitative estimate of drug-likeness (QED) is 0.800. The summed E-state index contributed by atoms with van der Waals surface area (Å²) in [6.07, 6.45) is 5.04. The van der Waals surface area contributed by atoms with Crippen molar-refractivity contribution in [1.29, 1.82) is 0 Å². The number of allylic oxidation sites excluding steroid dienone is 1. The van der Waals surface area contributed by atoms with Crippen LogP contribution in [0.5, 0.6) is 11.5 Å². The van der Waals surface area contributed by atoms with Crippen molar-refractivity contribution in [2.45, 2.75) is 39.0 Å². The average Bonchev–Trinajstić information content (AvgIpc) is 2.57. The molecular formula is C19H22O4. The van der Waals surface area contributed by atoms with Crippen molar-refractivity contribution < 1.29 is 19.1 Å². The zero-order valence-electron chi connectivity index (χ0n) is 13.7. The van der Waals surface area contributed by atoms with Gasteiger partial charge in [-0.15, -0.1) is 0 Å². The van der Waals surface area contributed by atoms with Crippen LogP contribution in [-0.4, -0.2) is 25.3 Å². The number of fused-ring (bicyclic) bond motifs is 1. The third kappa shape index (κ3) is 2.90. The van der Waals surface area contributed by atoms with E-state index < -0.39 is 5.41 Å². The van der Waals surface area contributed by atoms with Gasteiger partial charge in [0.25, 0.3) is 0 Å². The van der Waals surface area contributed by atoms with Gasteiger partial charge in [0.2, 0.25) is 0 Å². The fraction of sp³-hybridized carbons (Fsp3) is 0.474. The standard InChI is InChI=1S/C19H22O4/c1-19(17(20)4-3-5-18(19)21)10-8-13-9-11-23-16-12-14(22-2)6-7-15(13)16/h6-8,12H,3-5,9-11H2,1-2H3/b13-8-. The predicted octanol–water partition coefficient (Wildman–Crippen LogP) is 3.58. The highest BCUT2D eigenvalue weighted by Gasteiger charge is 2.41. The molecule has 4 heteroatoms. The summed E-state index contributed by atoms with van der Waals surface area (Å²) in [7, 11) is 1.63. The van der Waals surface area contributed by atoms with Gasteiger partial charge < -0.3 is 9.47 Å². The van der Waals surface area contributed by atoms with Gasteiger partial charge in [0.1, 0.15) is 23.1 Å². The zero-order valence-corrected chi connectivity index (χ0v) is 13.7. The van der Waals surface area contributed by atoms with Crippen LogP contribution in [0.1, 0.15) is 44.6 Å². The molecule has 3 rings (SSSR count). The maximum atomic E-state index is 12.2. The largest absolute Gasteiger partial charge is 0.497 e. The lowest BCUT2D eigenvalue weighted by atomic mass is 9.71. The van der Waals surface area contributed by atoms with Crippen molar-refractivity contribution in [1.82, 2.24) is 0 Å². The topological polar surface area (TPSA) is 52.6 Å². The summed E-state index contributed by atoms with van der Waals surface area (Å²) < 4.78 is 10.9. The molecule has 4 nitrogen and oxygen atoms in total. The molecule has 0 N–H and O–H groups in total. The molecule has 0 amide bonds. The molecule has 0 saturated heterocycles. The molecule has 2 aliphatic rings. The summed E-state index contributed by atoms with van der Waals surface area (Å²) in [6, 6.07) is 5.76. The van der Waals surface area contributed by atoms with E-state index in [1.54, 1.807) is 14.0 Å². The van der Waals surface area contributed by atoms with Crippen LogP contribution in [0, 0.1) is 5.41 Å². The maximum Gasteiger partial charge on any atom is 0.146 e. The van der Waals surface area contributed by atoms with E-state index in [-0.39, 0.29) is 11.6 Å². The van der Waals surface area contributed by atoms with Crippen LogP contribution in [0.15, 0.2) is 24.3 Å². The summed E-state index contributed by atoms with van der Waals surface area (Å²) in [4.78, 5) is 24.5. The molecular weight excluding hydrogens is 292 g/mol. The highest BCUT2D eigenvalue weighted by molar-refractivity contribution is 6.08. The van der Waals surface area contributed by atoms with Crippen molar-refractivity contribution in [2.24, 2.45) is 5.41 Å². The molecule has 23 heavy (non-hydrogen) atoms. The number of ketones is 2. The second-order valence-electron chi connectivity index (χ2n) is 6.43. The first kappa shape index (κ1) is 15.8. The Hall–Kier alpha value is -2.10. The Morgan fingerprint density at radius 1 is 1.22 bits per heavy atom. The molecule has 1 aliphatic heterocycles. The van der Waals surface area contributed by atoms with Crippen molar-refractivity contribution in [3.63, 3.8) is 0 Å². The van der Waals surface area contributed by atoms with E-state index in [9.17, 15) is 9.59 Å². The lowest BCUT2D eigenvalue weighted by Crippen LogP contribution is -2.39. The monoisotopic (exact) mass is 314 g/mol. The smallest absolute Gasteiger partial charge is 0.146 e. The van der Waals surface area contributed by atoms with Crippen molar-refractivity contribution in [3.8, 4) is 11.5 Å². The predicted molar refractivity (Wildman–Crippen MR) is 87.7 cm³/mol. The third-order valence-corrected chi connectivity index (χ3v) is 4.96. The van der Waals surface area contributed by atoms with Gasteiger partial charge in [0, 0.05) is 30.9 Å². The zero-order chi connectivity index (χ0) is 16.4. The minimum Gasteiger partial charge on any atom is -0.497 e. The molecule has 1 saturated carbocycles. The number of Topliss-reactive ketones (excluding diaryl/α,β-unsaturated/α-hetero) is 2. The molecule has 0 spiro atoms. The number of hydrogen-bond donors (Lipinski definition) is 0. The maximum absolute atomic E-state index is 12.2. The van der Waals surface area contributed by atoms with E-state index in [2.05, 4.69) is 6.08 Å². The molecule has 0 bridgehead atoms. The number of methoxy groups -OCH3 is 1. The molecule has 122 valence electrons. The van der Waals surface area contributed by atoms with E-state index in [1.807, 2.05) is 18.2 Å². The minimum absolute atomic E-state index is 0.0765. The van der Waals surface area contributed by atoms with Crippen LogP contribution >= 0.6 is 0 Å². The summed E-state index contributed by atoms with van der Waals surface area (Å²) in [5, 5.41) is 0. The van der Waals surface area contributed by atoms with E-state index in [0.29, 0.717) is 32.3 Å². The first-order valence-electron chi connectivity index (χ1n) is 8.11. The lowest BCUT2D eigenvalue weighted by molar-refractivity contribution is -0.142. The van der Waals surface area contributed by atoms with Crippen molar-refractivity contribution in [3.05, 3.63) is 29.8 Å². The van der Waals surface area contributed by atoms with Gasteiger partial charge in [-0.3, -0.25) is 9.59 Å². The van der Waals surface area contributed by atoms with Crippen molar-refractivity contribution >= 4 is 17.1 Å². The number of benzene rings is 1. The molecule has 1 heterocycles. The Bertz CT molecular complexity index is 656. The third-order valence-electron chi connectivity index (χ3n) is 4.96. The van der Waals surface area contributed by atoms with Crippen LogP contribution < -0.4 is 9.47 Å². The number of carbonyl (C=O) groups excluding carboxylic acids is 2. The fourth-order valence-electron chi connectivity index (χ4n) is 3.30. The number of hydrogen-bond acceptors (Lipinski definition) is 4. The molecule has 0 radical (unpaired) electrons. The number of ether oxygens (including phenoxy) is 2. The lowest BCUT2D eigenvalue weighted by Gasteiger charge is -2.30. The Morgan fingerprint density at radius 2 is 1.96 bits per heavy atom. The summed E-state index contributed by atoms with van der Waals surface area (Å²) in [6.45, 7) is 2.40. The Labute approximate surface area is 136 Å². The van der Waals surface area contributed by atoms with Gasteiger partial charge in [0.15, 0.2) is 0 Å². The van der Waals surface area contributed by atoms with Crippen molar-refractivity contribution in [2.75, 3.05) is 13.7 Å². The summed E-state index contributed by atoms with van der Waals surface area (Å²) in [5.41, 5.74) is 1.31. The van der Waals surface area contributed by atoms with Gasteiger partial charge >= 0.3 is 0 Å². The van der Waals surface area contributed by atoms with Crippen LogP contribution in [0.2, 0.25) is 0 Å². The molecule has 0 aromatic heterocycles. The molecule has 1 aliphatic carbocycles. The van der Waals surface area contributed by atoms with Gasteiger partial charge in [0.05, 0.1) is 19.1 Å². The van der Waals surface area contributed by atoms with Crippen LogP contribution in [-0.2, 0) is 9.59 Å². The normalized spacial score (nSPS) is 21.7. The molecule has 1 aromatic rings. The van der Waals surface area contributed by atoms with Gasteiger partial charge in [-0.25, -0.2) is 0 Å². The number of rotatable bonds is 3. The minimum atomic E-state index is -0.851. The molecule has 1 aromatic carbocycles. The molecule has 0 unspecified atom stereocenters. The molecule has 1 fully saturated rings. The SMILES string of the molecule is COc1ccc2c(c1)OCC/C2=C/CC1(C)C(=O)CCCC1=O. The highest BCUT2D eigenvalue weighted by Crippen LogP contribution is 2.39. The van der Waals surface area contributed by atoms with Crippen LogP contribution in [0.4, 0.5) is 0 Å². The van der Waals surface area contributed by atoms with E-state index >= 15 is 0 Å². The van der Waals surface area contributed by atoms with Crippen LogP contribution in [0.25, 0.3) is 5.57 Å². The summed E-state index contributed by atoms with van der Waals surface area (Å²) in [5.74, 6) is 1.71. The highest BCUT2D eigenvalue weighted by atomic mass is 16.5. The Morgan fingerprint density at radius 3 is 2.65 bits per heavy atom. The first-order chi connectivity index (χ1) is 11.0. The molecule has 0 atom stereocenters. The summed E-state index contributed by atoms with van der Waals surface area (Å²) >= 11 is 0. The van der Waals surface area contributed by atoms with E-state index in [4.69, 9.17) is 9.47 Å². The number of carbonyl (C=O) groups is 2. The first-order valence-corrected chi connectivity index (χ1v) is 8.11. The van der Waals surface area contributed by atoms with Crippen LogP contribution in [0.3, 0.4) is 0 Å². The Balaban J connectivity index is 1.87. The Kier molecular flexibility index (Phi) is 4.24. The fourth-order valence-corrected chi connectivity index (χ4v) is 3.30. The van der Waals surface area contributed by atoms with E-state index in [1.165, 1.54) is 0 Å². The second kappa shape index (κ2) is 6.19. The van der Waals surface area contributed by atoms with Gasteiger partial charge in [-0.2, -0.15) is 0 Å². The van der Waals surface area contributed by atoms with Gasteiger partial charge in [-0.05, 0) is 37.5 Å². The average molecular weight is 314 g/mol. The second-order valence-corrected chi connectivity index (χ2v) is 6.43. The van der Waals surface area contributed by atoms with E-state index in [0.717, 1.165) is 29.1 Å². The van der Waals surface area contributed by atoms with Gasteiger partial charge in [-0.1, -0.05) is 6.08 Å².